The Bertz CT molecular complexity index is 346. The van der Waals surface area contributed by atoms with Gasteiger partial charge in [-0.05, 0) is 0 Å². The van der Waals surface area contributed by atoms with Crippen LogP contribution in [0.1, 0.15) is 0 Å². The SMILES string of the molecule is CS(=O)CCNc1ncc(F)c(N)n1. The average Bonchev–Trinajstić information content (AvgIpc) is 2.10. The van der Waals surface area contributed by atoms with Crippen molar-refractivity contribution in [3.8, 4) is 0 Å². The summed E-state index contributed by atoms with van der Waals surface area (Å²) in [6.07, 6.45) is 2.59. The number of nitrogens with two attached hydrogens (primary N) is 1. The van der Waals surface area contributed by atoms with Gasteiger partial charge in [-0.1, -0.05) is 0 Å². The third kappa shape index (κ3) is 3.25. The van der Waals surface area contributed by atoms with Crippen LogP contribution in [0, 0.1) is 5.82 Å². The molecule has 0 saturated carbocycles. The molecule has 0 spiro atoms. The molecule has 1 aromatic heterocycles. The molecule has 0 aliphatic rings. The Labute approximate surface area is 83.4 Å². The Morgan fingerprint density at radius 1 is 1.71 bits per heavy atom. The maximum Gasteiger partial charge on any atom is 0.224 e. The molecule has 0 amide bonds. The van der Waals surface area contributed by atoms with E-state index < -0.39 is 16.6 Å². The fourth-order valence-electron chi connectivity index (χ4n) is 0.772. The number of nitrogen functional groups attached to an aromatic ring is 1. The van der Waals surface area contributed by atoms with Gasteiger partial charge in [0.1, 0.15) is 0 Å². The zero-order valence-corrected chi connectivity index (χ0v) is 8.47. The lowest BCUT2D eigenvalue weighted by atomic mass is 10.5. The third-order valence-corrected chi connectivity index (χ3v) is 2.22. The molecule has 0 fully saturated rings. The van der Waals surface area contributed by atoms with Gasteiger partial charge < -0.3 is 11.1 Å². The first kappa shape index (κ1) is 10.8. The standard InChI is InChI=1S/C7H11FN4OS/c1-14(13)3-2-10-7-11-4-5(8)6(9)12-7/h4H,2-3H2,1H3,(H3,9,10,11,12). The van der Waals surface area contributed by atoms with Crippen LogP contribution in [0.2, 0.25) is 0 Å². The van der Waals surface area contributed by atoms with Crippen molar-refractivity contribution in [1.29, 1.82) is 0 Å². The van der Waals surface area contributed by atoms with E-state index in [0.29, 0.717) is 12.3 Å². The Morgan fingerprint density at radius 2 is 2.43 bits per heavy atom. The molecule has 0 aliphatic carbocycles. The van der Waals surface area contributed by atoms with Gasteiger partial charge in [0.05, 0.1) is 6.20 Å². The first-order valence-corrected chi connectivity index (χ1v) is 5.64. The molecular weight excluding hydrogens is 207 g/mol. The van der Waals surface area contributed by atoms with Crippen molar-refractivity contribution < 1.29 is 8.60 Å². The van der Waals surface area contributed by atoms with Gasteiger partial charge in [-0.2, -0.15) is 4.98 Å². The normalized spacial score (nSPS) is 12.4. The smallest absolute Gasteiger partial charge is 0.224 e. The minimum absolute atomic E-state index is 0.194. The van der Waals surface area contributed by atoms with Gasteiger partial charge in [0.15, 0.2) is 11.6 Å². The molecule has 5 nitrogen and oxygen atoms in total. The lowest BCUT2D eigenvalue weighted by Crippen LogP contribution is -2.12. The minimum atomic E-state index is -0.872. The van der Waals surface area contributed by atoms with Gasteiger partial charge in [0, 0.05) is 29.4 Å². The van der Waals surface area contributed by atoms with E-state index in [2.05, 4.69) is 15.3 Å². The molecule has 1 unspecified atom stereocenters. The van der Waals surface area contributed by atoms with Crippen molar-refractivity contribution in [2.24, 2.45) is 0 Å². The first-order chi connectivity index (χ1) is 6.59. The summed E-state index contributed by atoms with van der Waals surface area (Å²) in [7, 11) is -0.872. The van der Waals surface area contributed by atoms with Crippen LogP contribution in [0.3, 0.4) is 0 Å². The van der Waals surface area contributed by atoms with E-state index in [1.807, 2.05) is 0 Å². The number of hydrogen-bond donors (Lipinski definition) is 2. The molecule has 0 saturated heterocycles. The van der Waals surface area contributed by atoms with E-state index in [0.717, 1.165) is 6.20 Å². The van der Waals surface area contributed by atoms with Crippen molar-refractivity contribution in [2.75, 3.05) is 29.6 Å². The van der Waals surface area contributed by atoms with Crippen LogP contribution in [-0.2, 0) is 10.8 Å². The number of anilines is 2. The van der Waals surface area contributed by atoms with E-state index >= 15 is 0 Å². The first-order valence-electron chi connectivity index (χ1n) is 3.91. The quantitative estimate of drug-likeness (QED) is 0.742. The number of hydrogen-bond acceptors (Lipinski definition) is 5. The Morgan fingerprint density at radius 3 is 3.00 bits per heavy atom. The average molecular weight is 218 g/mol. The largest absolute Gasteiger partial charge is 0.381 e. The molecular formula is C7H11FN4OS. The summed E-state index contributed by atoms with van der Waals surface area (Å²) in [5.41, 5.74) is 5.23. The van der Waals surface area contributed by atoms with Gasteiger partial charge in [-0.15, -0.1) is 0 Å². The van der Waals surface area contributed by atoms with E-state index in [1.54, 1.807) is 6.26 Å². The molecule has 1 aromatic rings. The summed E-state index contributed by atoms with van der Waals surface area (Å²) in [6, 6.07) is 0. The molecule has 0 radical (unpaired) electrons. The van der Waals surface area contributed by atoms with E-state index in [1.165, 1.54) is 0 Å². The molecule has 3 N–H and O–H groups in total. The fraction of sp³-hybridized carbons (Fsp3) is 0.429. The monoisotopic (exact) mass is 218 g/mol. The van der Waals surface area contributed by atoms with Crippen LogP contribution in [0.25, 0.3) is 0 Å². The van der Waals surface area contributed by atoms with E-state index in [-0.39, 0.29) is 11.8 Å². The molecule has 78 valence electrons. The number of nitrogens with zero attached hydrogens (tertiary/aromatic N) is 2. The molecule has 7 heteroatoms. The highest BCUT2D eigenvalue weighted by molar-refractivity contribution is 7.84. The second-order valence-corrected chi connectivity index (χ2v) is 4.19. The number of nitrogens with one attached hydrogen (secondary N) is 1. The van der Waals surface area contributed by atoms with Crippen LogP contribution in [0.4, 0.5) is 16.2 Å². The number of rotatable bonds is 4. The van der Waals surface area contributed by atoms with Crippen molar-refractivity contribution >= 4 is 22.6 Å². The van der Waals surface area contributed by atoms with E-state index in [4.69, 9.17) is 5.73 Å². The maximum atomic E-state index is 12.6. The molecule has 0 bridgehead atoms. The summed E-state index contributed by atoms with van der Waals surface area (Å²) in [6.45, 7) is 0.466. The predicted octanol–water partition coefficient (Wildman–Crippen LogP) is -0.0117. The van der Waals surface area contributed by atoms with Crippen molar-refractivity contribution in [1.82, 2.24) is 9.97 Å². The fourth-order valence-corrected chi connectivity index (χ4v) is 1.16. The second kappa shape index (κ2) is 4.85. The second-order valence-electron chi connectivity index (χ2n) is 2.63. The highest BCUT2D eigenvalue weighted by Gasteiger charge is 2.02. The lowest BCUT2D eigenvalue weighted by Gasteiger charge is -2.03. The topological polar surface area (TPSA) is 80.9 Å². The zero-order chi connectivity index (χ0) is 10.6. The van der Waals surface area contributed by atoms with Crippen LogP contribution in [0.5, 0.6) is 0 Å². The van der Waals surface area contributed by atoms with Gasteiger partial charge >= 0.3 is 0 Å². The van der Waals surface area contributed by atoms with Crippen LogP contribution in [0.15, 0.2) is 6.20 Å². The molecule has 1 atom stereocenters. The van der Waals surface area contributed by atoms with Gasteiger partial charge in [-0.3, -0.25) is 4.21 Å². The lowest BCUT2D eigenvalue weighted by molar-refractivity contribution is 0.620. The van der Waals surface area contributed by atoms with Crippen molar-refractivity contribution in [3.63, 3.8) is 0 Å². The van der Waals surface area contributed by atoms with E-state index in [9.17, 15) is 8.60 Å². The molecule has 14 heavy (non-hydrogen) atoms. The van der Waals surface area contributed by atoms with Crippen LogP contribution in [-0.4, -0.2) is 32.7 Å². The summed E-state index contributed by atoms with van der Waals surface area (Å²) >= 11 is 0. The van der Waals surface area contributed by atoms with Crippen LogP contribution >= 0.6 is 0 Å². The Hall–Kier alpha value is -1.24. The zero-order valence-electron chi connectivity index (χ0n) is 7.66. The third-order valence-electron chi connectivity index (χ3n) is 1.44. The number of aromatic nitrogens is 2. The highest BCUT2D eigenvalue weighted by atomic mass is 32.2. The predicted molar refractivity (Wildman–Crippen MR) is 53.8 cm³/mol. The van der Waals surface area contributed by atoms with Crippen molar-refractivity contribution in [2.45, 2.75) is 0 Å². The van der Waals surface area contributed by atoms with Crippen molar-refractivity contribution in [3.05, 3.63) is 12.0 Å². The van der Waals surface area contributed by atoms with Gasteiger partial charge in [0.25, 0.3) is 0 Å². The summed E-state index contributed by atoms with van der Waals surface area (Å²) in [5.74, 6) is -0.107. The molecule has 0 aromatic carbocycles. The van der Waals surface area contributed by atoms with Crippen LogP contribution < -0.4 is 11.1 Å². The maximum absolute atomic E-state index is 12.6. The Kier molecular flexibility index (Phi) is 3.75. The highest BCUT2D eigenvalue weighted by Crippen LogP contribution is 2.06. The Balaban J connectivity index is 2.51. The summed E-state index contributed by atoms with van der Waals surface area (Å²) < 4.78 is 23.3. The molecule has 0 aliphatic heterocycles. The molecule has 1 rings (SSSR count). The molecule has 1 heterocycles. The number of halogens is 1. The minimum Gasteiger partial charge on any atom is -0.381 e. The van der Waals surface area contributed by atoms with Gasteiger partial charge in [-0.25, -0.2) is 9.37 Å². The van der Waals surface area contributed by atoms with Gasteiger partial charge in [0.2, 0.25) is 5.95 Å². The summed E-state index contributed by atoms with van der Waals surface area (Å²) in [4.78, 5) is 7.31. The summed E-state index contributed by atoms with van der Waals surface area (Å²) in [5, 5.41) is 2.78.